The molecule has 2 rings (SSSR count). The molecule has 0 spiro atoms. The Bertz CT molecular complexity index is 552. The van der Waals surface area contributed by atoms with Gasteiger partial charge in [0.25, 0.3) is 7.37 Å². The molecule has 94 valence electrons. The molecule has 0 fully saturated rings. The van der Waals surface area contributed by atoms with Crippen LogP contribution in [0.4, 0.5) is 4.39 Å². The second-order valence-corrected chi connectivity index (χ2v) is 6.18. The maximum Gasteiger partial charge on any atom is 0.261 e. The van der Waals surface area contributed by atoms with Crippen molar-refractivity contribution in [1.29, 1.82) is 0 Å². The van der Waals surface area contributed by atoms with Crippen molar-refractivity contribution in [2.75, 3.05) is 6.61 Å². The summed E-state index contributed by atoms with van der Waals surface area (Å²) < 4.78 is 31.4. The number of hydrogen-bond acceptors (Lipinski definition) is 2. The molecular weight excluding hydrogens is 250 g/mol. The molecule has 0 aliphatic rings. The van der Waals surface area contributed by atoms with Gasteiger partial charge in [-0.15, -0.1) is 0 Å². The van der Waals surface area contributed by atoms with Crippen LogP contribution in [0.5, 0.6) is 0 Å². The van der Waals surface area contributed by atoms with E-state index in [4.69, 9.17) is 4.52 Å². The maximum absolute atomic E-state index is 13.0. The van der Waals surface area contributed by atoms with Crippen LogP contribution in [-0.4, -0.2) is 6.61 Å². The van der Waals surface area contributed by atoms with Crippen molar-refractivity contribution >= 4 is 18.0 Å². The number of hydrogen-bond donors (Lipinski definition) is 0. The summed E-state index contributed by atoms with van der Waals surface area (Å²) in [6, 6.07) is 14.6. The summed E-state index contributed by atoms with van der Waals surface area (Å²) in [6.45, 7) is 2.13. The fraction of sp³-hybridized carbons (Fsp3) is 0.143. The first-order valence-electron chi connectivity index (χ1n) is 5.73. The Kier molecular flexibility index (Phi) is 3.95. The smallest absolute Gasteiger partial charge is 0.261 e. The van der Waals surface area contributed by atoms with Crippen molar-refractivity contribution in [1.82, 2.24) is 0 Å². The lowest BCUT2D eigenvalue weighted by Crippen LogP contribution is -2.18. The molecule has 0 heterocycles. The normalized spacial score (nSPS) is 14.1. The molecule has 2 nitrogen and oxygen atoms in total. The van der Waals surface area contributed by atoms with Crippen molar-refractivity contribution in [3.8, 4) is 0 Å². The first-order chi connectivity index (χ1) is 8.66. The molecular formula is C14H14FO2P. The second kappa shape index (κ2) is 5.47. The van der Waals surface area contributed by atoms with E-state index < -0.39 is 7.37 Å². The highest BCUT2D eigenvalue weighted by molar-refractivity contribution is 7.74. The van der Waals surface area contributed by atoms with Gasteiger partial charge in [0.1, 0.15) is 5.82 Å². The molecule has 0 aromatic heterocycles. The minimum atomic E-state index is -3.11. The molecule has 4 heteroatoms. The fourth-order valence-electron chi connectivity index (χ4n) is 1.74. The highest BCUT2D eigenvalue weighted by Gasteiger charge is 2.27. The van der Waals surface area contributed by atoms with Crippen LogP contribution in [0.1, 0.15) is 6.92 Å². The lowest BCUT2D eigenvalue weighted by Gasteiger charge is -2.18. The molecule has 0 unspecified atom stereocenters. The number of benzene rings is 2. The molecule has 0 saturated heterocycles. The summed E-state index contributed by atoms with van der Waals surface area (Å²) in [4.78, 5) is 0. The molecule has 2 aromatic rings. The van der Waals surface area contributed by atoms with E-state index in [1.165, 1.54) is 24.3 Å². The van der Waals surface area contributed by atoms with Gasteiger partial charge in [-0.2, -0.15) is 0 Å². The van der Waals surface area contributed by atoms with Gasteiger partial charge in [-0.1, -0.05) is 18.2 Å². The Morgan fingerprint density at radius 1 is 1.00 bits per heavy atom. The quantitative estimate of drug-likeness (QED) is 0.793. The molecule has 0 bridgehead atoms. The van der Waals surface area contributed by atoms with Crippen molar-refractivity contribution in [2.45, 2.75) is 6.92 Å². The third kappa shape index (κ3) is 2.53. The molecule has 0 saturated carbocycles. The maximum atomic E-state index is 13.0. The summed E-state index contributed by atoms with van der Waals surface area (Å²) >= 11 is 0. The molecule has 0 aliphatic carbocycles. The lowest BCUT2D eigenvalue weighted by molar-refractivity contribution is 0.348. The second-order valence-electron chi connectivity index (χ2n) is 3.78. The lowest BCUT2D eigenvalue weighted by atomic mass is 10.3. The van der Waals surface area contributed by atoms with Crippen LogP contribution in [0.15, 0.2) is 54.6 Å². The van der Waals surface area contributed by atoms with Crippen LogP contribution >= 0.6 is 7.37 Å². The SMILES string of the molecule is CCO[P@@](=O)(c1ccccc1)c1ccc(F)cc1. The summed E-state index contributed by atoms with van der Waals surface area (Å²) in [7, 11) is -3.11. The van der Waals surface area contributed by atoms with Gasteiger partial charge in [0.05, 0.1) is 6.61 Å². The first kappa shape index (κ1) is 13.0. The average Bonchev–Trinajstić information content (AvgIpc) is 2.40. The topological polar surface area (TPSA) is 26.3 Å². The highest BCUT2D eigenvalue weighted by Crippen LogP contribution is 2.44. The molecule has 2 aromatic carbocycles. The van der Waals surface area contributed by atoms with Crippen LogP contribution in [0.25, 0.3) is 0 Å². The standard InChI is InChI=1S/C14H14FO2P/c1-2-17-18(16,13-6-4-3-5-7-13)14-10-8-12(15)9-11-14/h3-11H,2H2,1H3/t18-/m0/s1. The Morgan fingerprint density at radius 3 is 2.11 bits per heavy atom. The zero-order valence-electron chi connectivity index (χ0n) is 10.0. The zero-order chi connectivity index (χ0) is 13.0. The number of halogens is 1. The largest absolute Gasteiger partial charge is 0.322 e. The van der Waals surface area contributed by atoms with Crippen LogP contribution in [0.3, 0.4) is 0 Å². The molecule has 18 heavy (non-hydrogen) atoms. The third-order valence-electron chi connectivity index (χ3n) is 2.57. The van der Waals surface area contributed by atoms with Gasteiger partial charge in [-0.25, -0.2) is 4.39 Å². The minimum absolute atomic E-state index is 0.337. The van der Waals surface area contributed by atoms with Crippen LogP contribution in [-0.2, 0) is 9.09 Å². The average molecular weight is 264 g/mol. The Hall–Kier alpha value is -1.44. The summed E-state index contributed by atoms with van der Waals surface area (Å²) in [5.74, 6) is -0.352. The molecule has 0 N–H and O–H groups in total. The van der Waals surface area contributed by atoms with Gasteiger partial charge in [0, 0.05) is 10.6 Å². The van der Waals surface area contributed by atoms with Crippen molar-refractivity contribution < 1.29 is 13.5 Å². The minimum Gasteiger partial charge on any atom is -0.322 e. The zero-order valence-corrected chi connectivity index (χ0v) is 10.9. The van der Waals surface area contributed by atoms with E-state index in [1.807, 2.05) is 18.2 Å². The monoisotopic (exact) mass is 264 g/mol. The van der Waals surface area contributed by atoms with Crippen molar-refractivity contribution in [3.63, 3.8) is 0 Å². The molecule has 0 amide bonds. The van der Waals surface area contributed by atoms with Gasteiger partial charge in [0.2, 0.25) is 0 Å². The van der Waals surface area contributed by atoms with Crippen LogP contribution in [0.2, 0.25) is 0 Å². The summed E-state index contributed by atoms with van der Waals surface area (Å²) in [6.07, 6.45) is 0. The van der Waals surface area contributed by atoms with E-state index >= 15 is 0 Å². The van der Waals surface area contributed by atoms with Gasteiger partial charge in [0.15, 0.2) is 0 Å². The van der Waals surface area contributed by atoms with Gasteiger partial charge < -0.3 is 4.52 Å². The van der Waals surface area contributed by atoms with E-state index in [1.54, 1.807) is 19.1 Å². The first-order valence-corrected chi connectivity index (χ1v) is 7.35. The molecule has 0 radical (unpaired) electrons. The predicted molar refractivity (Wildman–Crippen MR) is 71.3 cm³/mol. The molecule has 1 atom stereocenters. The fourth-order valence-corrected chi connectivity index (χ4v) is 3.81. The van der Waals surface area contributed by atoms with E-state index in [9.17, 15) is 8.96 Å². The highest BCUT2D eigenvalue weighted by atomic mass is 31.2. The van der Waals surface area contributed by atoms with Gasteiger partial charge >= 0.3 is 0 Å². The van der Waals surface area contributed by atoms with Gasteiger partial charge in [-0.05, 0) is 43.3 Å². The Balaban J connectivity index is 2.51. The number of rotatable bonds is 4. The van der Waals surface area contributed by atoms with Gasteiger partial charge in [-0.3, -0.25) is 4.57 Å². The van der Waals surface area contributed by atoms with E-state index in [0.29, 0.717) is 17.2 Å². The van der Waals surface area contributed by atoms with Crippen molar-refractivity contribution in [3.05, 3.63) is 60.4 Å². The Labute approximate surface area is 106 Å². The van der Waals surface area contributed by atoms with Crippen molar-refractivity contribution in [2.24, 2.45) is 0 Å². The summed E-state index contributed by atoms with van der Waals surface area (Å²) in [5, 5.41) is 1.13. The van der Waals surface area contributed by atoms with E-state index in [2.05, 4.69) is 0 Å². The molecule has 0 aliphatic heterocycles. The van der Waals surface area contributed by atoms with Crippen LogP contribution < -0.4 is 10.6 Å². The van der Waals surface area contributed by atoms with E-state index in [0.717, 1.165) is 0 Å². The Morgan fingerprint density at radius 2 is 1.56 bits per heavy atom. The van der Waals surface area contributed by atoms with E-state index in [-0.39, 0.29) is 5.82 Å². The predicted octanol–water partition coefficient (Wildman–Crippen LogP) is 3.09. The third-order valence-corrected chi connectivity index (χ3v) is 5.15. The summed E-state index contributed by atoms with van der Waals surface area (Å²) in [5.41, 5.74) is 0. The van der Waals surface area contributed by atoms with Crippen LogP contribution in [0, 0.1) is 5.82 Å².